The maximum atomic E-state index is 9.31. The molecule has 0 saturated heterocycles. The van der Waals surface area contributed by atoms with Gasteiger partial charge in [-0.3, -0.25) is 0 Å². The third kappa shape index (κ3) is 6.39. The molecule has 1 atom stereocenters. The Labute approximate surface area is 81.5 Å². The molecule has 13 heavy (non-hydrogen) atoms. The zero-order chi connectivity index (χ0) is 10.1. The lowest BCUT2D eigenvalue weighted by molar-refractivity contribution is 0.222. The molecule has 0 rings (SSSR count). The lowest BCUT2D eigenvalue weighted by atomic mass is 10.0. The number of hydrogen-bond acceptors (Lipinski definition) is 1. The van der Waals surface area contributed by atoms with E-state index >= 15 is 0 Å². The number of hydrogen-bond donors (Lipinski definition) is 1. The molecule has 1 unspecified atom stereocenters. The average Bonchev–Trinajstić information content (AvgIpc) is 2.16. The highest BCUT2D eigenvalue weighted by Crippen LogP contribution is 2.13. The molecular weight excluding hydrogens is 160 g/mol. The first-order valence-corrected chi connectivity index (χ1v) is 4.93. The standard InChI is InChI=1S/C12H20O/c1-4-7-8-9-11(5-2)10-12(13)6-3/h6,12-13H,2-4,7-10H2,1H3. The number of aliphatic hydroxyl groups is 1. The Hall–Kier alpha value is -0.780. The minimum absolute atomic E-state index is 0.439. The van der Waals surface area contributed by atoms with Gasteiger partial charge < -0.3 is 5.11 Å². The van der Waals surface area contributed by atoms with E-state index in [1.54, 1.807) is 6.08 Å². The van der Waals surface area contributed by atoms with Gasteiger partial charge in [0.2, 0.25) is 0 Å². The molecule has 0 aromatic heterocycles. The van der Waals surface area contributed by atoms with Crippen LogP contribution in [0.5, 0.6) is 0 Å². The van der Waals surface area contributed by atoms with Crippen LogP contribution in [0.3, 0.4) is 0 Å². The van der Waals surface area contributed by atoms with Crippen molar-refractivity contribution in [3.05, 3.63) is 30.5 Å². The van der Waals surface area contributed by atoms with E-state index in [4.69, 9.17) is 0 Å². The summed E-state index contributed by atoms with van der Waals surface area (Å²) in [6.07, 6.45) is 6.36. The maximum absolute atomic E-state index is 9.31. The second-order valence-corrected chi connectivity index (χ2v) is 3.24. The molecule has 0 heterocycles. The fourth-order valence-electron chi connectivity index (χ4n) is 1.19. The normalized spacial score (nSPS) is 11.8. The predicted molar refractivity (Wildman–Crippen MR) is 57.6 cm³/mol. The number of aliphatic hydroxyl groups excluding tert-OH is 1. The fourth-order valence-corrected chi connectivity index (χ4v) is 1.19. The van der Waals surface area contributed by atoms with Gasteiger partial charge in [0.1, 0.15) is 0 Å². The van der Waals surface area contributed by atoms with Gasteiger partial charge in [0.25, 0.3) is 0 Å². The van der Waals surface area contributed by atoms with Gasteiger partial charge in [0.05, 0.1) is 6.10 Å². The molecule has 0 fully saturated rings. The van der Waals surface area contributed by atoms with Crippen LogP contribution in [0.1, 0.15) is 39.0 Å². The van der Waals surface area contributed by atoms with Crippen LogP contribution < -0.4 is 0 Å². The molecule has 0 aromatic carbocycles. The maximum Gasteiger partial charge on any atom is 0.0761 e. The van der Waals surface area contributed by atoms with Crippen molar-refractivity contribution in [3.8, 4) is 0 Å². The van der Waals surface area contributed by atoms with Gasteiger partial charge in [0, 0.05) is 6.42 Å². The Morgan fingerprint density at radius 3 is 2.69 bits per heavy atom. The minimum atomic E-state index is -0.439. The Balaban J connectivity index is 3.78. The molecule has 1 N–H and O–H groups in total. The Bertz CT molecular complexity index is 187. The molecule has 0 aliphatic heterocycles. The third-order valence-electron chi connectivity index (χ3n) is 2.06. The van der Waals surface area contributed by atoms with Gasteiger partial charge in [-0.05, 0) is 18.4 Å². The van der Waals surface area contributed by atoms with Crippen LogP contribution in [0.4, 0.5) is 0 Å². The van der Waals surface area contributed by atoms with Crippen molar-refractivity contribution in [1.29, 1.82) is 0 Å². The van der Waals surface area contributed by atoms with Crippen LogP contribution in [-0.2, 0) is 0 Å². The lowest BCUT2D eigenvalue weighted by Gasteiger charge is -2.07. The summed E-state index contributed by atoms with van der Waals surface area (Å²) >= 11 is 0. The first kappa shape index (κ1) is 12.2. The molecule has 74 valence electrons. The van der Waals surface area contributed by atoms with Crippen LogP contribution in [0.15, 0.2) is 30.5 Å². The first-order chi connectivity index (χ1) is 6.24. The highest BCUT2D eigenvalue weighted by molar-refractivity contribution is 5.03. The van der Waals surface area contributed by atoms with E-state index < -0.39 is 6.10 Å². The van der Waals surface area contributed by atoms with E-state index in [1.165, 1.54) is 12.8 Å². The van der Waals surface area contributed by atoms with E-state index in [0.29, 0.717) is 6.42 Å². The SMILES string of the molecule is C=C=C(CCCCC)CC(O)C=C. The number of rotatable bonds is 7. The highest BCUT2D eigenvalue weighted by atomic mass is 16.3. The minimum Gasteiger partial charge on any atom is -0.389 e. The van der Waals surface area contributed by atoms with Crippen molar-refractivity contribution in [2.75, 3.05) is 0 Å². The molecule has 0 aromatic rings. The average molecular weight is 180 g/mol. The lowest BCUT2D eigenvalue weighted by Crippen LogP contribution is -2.02. The predicted octanol–water partition coefficient (Wildman–Crippen LogP) is 3.22. The summed E-state index contributed by atoms with van der Waals surface area (Å²) < 4.78 is 0. The van der Waals surface area contributed by atoms with Gasteiger partial charge in [-0.2, -0.15) is 0 Å². The molecule has 1 nitrogen and oxygen atoms in total. The quantitative estimate of drug-likeness (QED) is 0.362. The van der Waals surface area contributed by atoms with Crippen molar-refractivity contribution in [1.82, 2.24) is 0 Å². The monoisotopic (exact) mass is 180 g/mol. The second kappa shape index (κ2) is 7.85. The smallest absolute Gasteiger partial charge is 0.0761 e. The van der Waals surface area contributed by atoms with E-state index in [9.17, 15) is 5.11 Å². The summed E-state index contributed by atoms with van der Waals surface area (Å²) in [6, 6.07) is 0. The van der Waals surface area contributed by atoms with E-state index in [0.717, 1.165) is 18.4 Å². The summed E-state index contributed by atoms with van der Waals surface area (Å²) in [5, 5.41) is 9.31. The van der Waals surface area contributed by atoms with Crippen molar-refractivity contribution in [2.24, 2.45) is 0 Å². The first-order valence-electron chi connectivity index (χ1n) is 4.93. The summed E-state index contributed by atoms with van der Waals surface area (Å²) in [6.45, 7) is 9.33. The molecule has 0 spiro atoms. The Kier molecular flexibility index (Phi) is 7.38. The summed E-state index contributed by atoms with van der Waals surface area (Å²) in [7, 11) is 0. The topological polar surface area (TPSA) is 20.2 Å². The highest BCUT2D eigenvalue weighted by Gasteiger charge is 2.02. The molecular formula is C12H20O. The van der Waals surface area contributed by atoms with Gasteiger partial charge in [-0.15, -0.1) is 12.3 Å². The summed E-state index contributed by atoms with van der Waals surface area (Å²) in [5.74, 6) is 0. The molecule has 0 amide bonds. The van der Waals surface area contributed by atoms with E-state index in [-0.39, 0.29) is 0 Å². The fraction of sp³-hybridized carbons (Fsp3) is 0.583. The van der Waals surface area contributed by atoms with Crippen molar-refractivity contribution in [2.45, 2.75) is 45.1 Å². The summed E-state index contributed by atoms with van der Waals surface area (Å²) in [5.41, 5.74) is 4.00. The summed E-state index contributed by atoms with van der Waals surface area (Å²) in [4.78, 5) is 0. The molecule has 0 aliphatic carbocycles. The van der Waals surface area contributed by atoms with Gasteiger partial charge in [-0.1, -0.05) is 32.4 Å². The number of unbranched alkanes of at least 4 members (excludes halogenated alkanes) is 2. The zero-order valence-corrected chi connectivity index (χ0v) is 8.55. The molecule has 0 bridgehead atoms. The van der Waals surface area contributed by atoms with Gasteiger partial charge >= 0.3 is 0 Å². The van der Waals surface area contributed by atoms with Crippen molar-refractivity contribution >= 4 is 0 Å². The van der Waals surface area contributed by atoms with E-state index in [1.807, 2.05) is 0 Å². The van der Waals surface area contributed by atoms with Crippen LogP contribution in [-0.4, -0.2) is 11.2 Å². The van der Waals surface area contributed by atoms with E-state index in [2.05, 4.69) is 25.8 Å². The molecule has 0 saturated carbocycles. The Morgan fingerprint density at radius 1 is 1.54 bits per heavy atom. The largest absolute Gasteiger partial charge is 0.389 e. The Morgan fingerprint density at radius 2 is 2.23 bits per heavy atom. The third-order valence-corrected chi connectivity index (χ3v) is 2.06. The van der Waals surface area contributed by atoms with Crippen LogP contribution in [0.2, 0.25) is 0 Å². The van der Waals surface area contributed by atoms with Gasteiger partial charge in [0.15, 0.2) is 0 Å². The second-order valence-electron chi connectivity index (χ2n) is 3.24. The van der Waals surface area contributed by atoms with Crippen molar-refractivity contribution < 1.29 is 5.11 Å². The van der Waals surface area contributed by atoms with Crippen LogP contribution in [0, 0.1) is 0 Å². The molecule has 0 aliphatic rings. The molecule has 1 heteroatoms. The van der Waals surface area contributed by atoms with Crippen LogP contribution in [0.25, 0.3) is 0 Å². The zero-order valence-electron chi connectivity index (χ0n) is 8.55. The van der Waals surface area contributed by atoms with Crippen molar-refractivity contribution in [3.63, 3.8) is 0 Å². The van der Waals surface area contributed by atoms with Gasteiger partial charge in [-0.25, -0.2) is 0 Å². The van der Waals surface area contributed by atoms with Crippen LogP contribution >= 0.6 is 0 Å². The molecule has 0 radical (unpaired) electrons.